The van der Waals surface area contributed by atoms with E-state index in [9.17, 15) is 19.1 Å². The zero-order valence-corrected chi connectivity index (χ0v) is 29.6. The summed E-state index contributed by atoms with van der Waals surface area (Å²) in [5.41, 5.74) is 8.54. The van der Waals surface area contributed by atoms with E-state index >= 15 is 0 Å². The van der Waals surface area contributed by atoms with Gasteiger partial charge in [-0.2, -0.15) is 10.2 Å². The highest BCUT2D eigenvalue weighted by atomic mass is 19.1. The molecule has 0 unspecified atom stereocenters. The van der Waals surface area contributed by atoms with Gasteiger partial charge in [0, 0.05) is 68.8 Å². The summed E-state index contributed by atoms with van der Waals surface area (Å²) < 4.78 is 13.9. The Morgan fingerprint density at radius 2 is 1.36 bits per heavy atom. The average Bonchev–Trinajstić information content (AvgIpc) is 3.89. The van der Waals surface area contributed by atoms with Gasteiger partial charge in [0.05, 0.1) is 34.7 Å². The zero-order chi connectivity index (χ0) is 37.1. The second kappa shape index (κ2) is 15.0. The number of halogens is 1. The fraction of sp³-hybridized carbons (Fsp3) is 0.220. The summed E-state index contributed by atoms with van der Waals surface area (Å²) >= 11 is 0. The minimum Gasteiger partial charge on any atom is -0.507 e. The summed E-state index contributed by atoms with van der Waals surface area (Å²) in [7, 11) is 0. The molecule has 0 bridgehead atoms. The predicted molar refractivity (Wildman–Crippen MR) is 207 cm³/mol. The number of nitrogens with zero attached hydrogens (tertiary/aromatic N) is 6. The maximum Gasteiger partial charge on any atom is 0.246 e. The third-order valence-electron chi connectivity index (χ3n) is 10.1. The van der Waals surface area contributed by atoms with Gasteiger partial charge in [-0.1, -0.05) is 43.5 Å². The van der Waals surface area contributed by atoms with Gasteiger partial charge in [-0.05, 0) is 77.7 Å². The molecule has 2 saturated heterocycles. The van der Waals surface area contributed by atoms with Gasteiger partial charge >= 0.3 is 0 Å². The minimum absolute atomic E-state index is 0.00429. The highest BCUT2D eigenvalue weighted by Gasteiger charge is 2.23. The molecule has 4 heterocycles. The van der Waals surface area contributed by atoms with Crippen molar-refractivity contribution in [2.75, 3.05) is 62.2 Å². The third-order valence-corrected chi connectivity index (χ3v) is 10.1. The highest BCUT2D eigenvalue weighted by Crippen LogP contribution is 2.39. The molecule has 2 aliphatic rings. The number of aromatic nitrogens is 4. The number of fused-ring (bicyclic) bond motifs is 2. The smallest absolute Gasteiger partial charge is 0.246 e. The zero-order valence-electron chi connectivity index (χ0n) is 29.6. The second-order valence-corrected chi connectivity index (χ2v) is 13.1. The van der Waals surface area contributed by atoms with Crippen molar-refractivity contribution in [3.05, 3.63) is 116 Å². The van der Waals surface area contributed by atoms with E-state index in [-0.39, 0.29) is 23.1 Å². The van der Waals surface area contributed by atoms with Crippen molar-refractivity contribution < 1.29 is 19.1 Å². The second-order valence-electron chi connectivity index (χ2n) is 13.1. The van der Waals surface area contributed by atoms with Gasteiger partial charge < -0.3 is 24.7 Å². The fourth-order valence-corrected chi connectivity index (χ4v) is 7.23. The molecule has 2 aromatic heterocycles. The summed E-state index contributed by atoms with van der Waals surface area (Å²) in [6, 6.07) is 20.2. The molecule has 3 N–H and O–H groups in total. The number of piperazine rings is 2. The Labute approximate surface area is 306 Å². The molecule has 11 nitrogen and oxygen atoms in total. The molecular formula is C41H41FN8O3. The maximum atomic E-state index is 13.9. The lowest BCUT2D eigenvalue weighted by Crippen LogP contribution is -2.48. The Morgan fingerprint density at radius 3 is 2.00 bits per heavy atom. The molecule has 4 aromatic carbocycles. The Bertz CT molecular complexity index is 2280. The summed E-state index contributed by atoms with van der Waals surface area (Å²) in [4.78, 5) is 31.6. The van der Waals surface area contributed by atoms with E-state index in [1.165, 1.54) is 41.5 Å². The van der Waals surface area contributed by atoms with Gasteiger partial charge in [-0.3, -0.25) is 19.8 Å². The van der Waals surface area contributed by atoms with Crippen molar-refractivity contribution in [3.63, 3.8) is 0 Å². The van der Waals surface area contributed by atoms with Gasteiger partial charge in [-0.25, -0.2) is 4.39 Å². The van der Waals surface area contributed by atoms with Gasteiger partial charge in [0.25, 0.3) is 0 Å². The molecule has 53 heavy (non-hydrogen) atoms. The van der Waals surface area contributed by atoms with Gasteiger partial charge in [-0.15, -0.1) is 0 Å². The van der Waals surface area contributed by atoms with Crippen molar-refractivity contribution in [1.29, 1.82) is 0 Å². The predicted octanol–water partition coefficient (Wildman–Crippen LogP) is 6.28. The molecular weight excluding hydrogens is 672 g/mol. The topological polar surface area (TPSA) is 125 Å². The maximum absolute atomic E-state index is 13.9. The van der Waals surface area contributed by atoms with Crippen LogP contribution in [0.1, 0.15) is 5.56 Å². The first-order valence-corrected chi connectivity index (χ1v) is 17.6. The van der Waals surface area contributed by atoms with Gasteiger partial charge in [0.15, 0.2) is 0 Å². The molecule has 0 spiro atoms. The molecule has 0 aliphatic carbocycles. The number of phenols is 1. The molecule has 2 aliphatic heterocycles. The van der Waals surface area contributed by atoms with Crippen LogP contribution in [0.25, 0.3) is 44.1 Å². The first-order chi connectivity index (χ1) is 25.8. The minimum atomic E-state index is -0.445. The van der Waals surface area contributed by atoms with E-state index in [2.05, 4.69) is 74.5 Å². The number of aromatic hydroxyl groups is 1. The lowest BCUT2D eigenvalue weighted by molar-refractivity contribution is -0.127. The highest BCUT2D eigenvalue weighted by molar-refractivity contribution is 6.07. The number of nitrogens with one attached hydrogen (secondary N) is 2. The van der Waals surface area contributed by atoms with Crippen LogP contribution in [0.4, 0.5) is 15.8 Å². The van der Waals surface area contributed by atoms with Crippen LogP contribution in [0.3, 0.4) is 0 Å². The fourth-order valence-electron chi connectivity index (χ4n) is 7.23. The van der Waals surface area contributed by atoms with E-state index < -0.39 is 5.82 Å². The number of phenolic OH excluding ortho intramolecular Hbond substituents is 1. The van der Waals surface area contributed by atoms with Crippen LogP contribution >= 0.6 is 0 Å². The number of benzene rings is 4. The van der Waals surface area contributed by atoms with Crippen LogP contribution in [0, 0.1) is 12.7 Å². The number of rotatable bonds is 6. The number of carbonyl (C=O) groups excluding carboxylic acids is 2. The first-order valence-electron chi connectivity index (χ1n) is 17.6. The quantitative estimate of drug-likeness (QED) is 0.174. The normalized spacial score (nSPS) is 14.6. The number of aryl methyl sites for hydroxylation is 1. The Hall–Kier alpha value is -6.43. The summed E-state index contributed by atoms with van der Waals surface area (Å²) in [6.07, 6.45) is 6.50. The number of aromatic amines is 2. The lowest BCUT2D eigenvalue weighted by atomic mass is 9.94. The standard InChI is InChI=1S/C22H22N6O.C19H19FN2O2/c1-3-20(29)28-10-8-27(9-11-28)19-7-5-15(16-12-24-26-22(16)19)21-14(2)4-6-18-17(21)13-23-25-18;1-2-18(24)22-12-10-21(11-13-22)15-8-6-14(7-9-15)19-16(20)4-3-5-17(19)23/h3-7,12-13H,1,8-11H2,2H3,(H,23,25)(H,24,26);2-9,23H,1,10-13H2. The number of anilines is 2. The lowest BCUT2D eigenvalue weighted by Gasteiger charge is -2.36. The Balaban J connectivity index is 0.000000168. The monoisotopic (exact) mass is 712 g/mol. The van der Waals surface area contributed by atoms with Crippen LogP contribution in [-0.4, -0.2) is 99.5 Å². The largest absolute Gasteiger partial charge is 0.507 e. The number of H-pyrrole nitrogens is 2. The summed E-state index contributed by atoms with van der Waals surface area (Å²) in [5.74, 6) is -0.561. The van der Waals surface area contributed by atoms with Crippen molar-refractivity contribution in [2.24, 2.45) is 0 Å². The molecule has 0 radical (unpaired) electrons. The number of hydrogen-bond donors (Lipinski definition) is 3. The van der Waals surface area contributed by atoms with Crippen molar-refractivity contribution >= 4 is 45.0 Å². The molecule has 0 saturated carbocycles. The van der Waals surface area contributed by atoms with E-state index in [4.69, 9.17) is 0 Å². The molecule has 8 rings (SSSR count). The number of amides is 2. The first kappa shape index (κ1) is 35.0. The summed E-state index contributed by atoms with van der Waals surface area (Å²) in [6.45, 7) is 14.9. The molecule has 2 amide bonds. The van der Waals surface area contributed by atoms with Crippen LogP contribution in [0.2, 0.25) is 0 Å². The Kier molecular flexibility index (Phi) is 9.93. The molecule has 6 aromatic rings. The number of carbonyl (C=O) groups is 2. The Morgan fingerprint density at radius 1 is 0.736 bits per heavy atom. The van der Waals surface area contributed by atoms with Gasteiger partial charge in [0.2, 0.25) is 11.8 Å². The SMILES string of the molecule is C=CC(=O)N1CCN(c2ccc(-c3c(C)ccc4[nH]ncc34)c3cn[nH]c23)CC1.C=CC(=O)N1CCN(c2ccc(-c3c(O)cccc3F)cc2)CC1. The molecule has 2 fully saturated rings. The van der Waals surface area contributed by atoms with Crippen molar-refractivity contribution in [3.8, 4) is 28.0 Å². The number of hydrogen-bond acceptors (Lipinski definition) is 7. The van der Waals surface area contributed by atoms with Crippen LogP contribution in [-0.2, 0) is 9.59 Å². The van der Waals surface area contributed by atoms with E-state index in [1.54, 1.807) is 17.0 Å². The van der Waals surface area contributed by atoms with E-state index in [1.807, 2.05) is 29.4 Å². The molecule has 270 valence electrons. The summed E-state index contributed by atoms with van der Waals surface area (Å²) in [5, 5.41) is 26.9. The molecule has 12 heteroatoms. The van der Waals surface area contributed by atoms with E-state index in [0.717, 1.165) is 64.9 Å². The molecule has 0 atom stereocenters. The average molecular weight is 713 g/mol. The van der Waals surface area contributed by atoms with Crippen molar-refractivity contribution in [1.82, 2.24) is 30.2 Å². The van der Waals surface area contributed by atoms with E-state index in [0.29, 0.717) is 31.7 Å². The van der Waals surface area contributed by atoms with Crippen molar-refractivity contribution in [2.45, 2.75) is 6.92 Å². The van der Waals surface area contributed by atoms with Crippen LogP contribution in [0.15, 0.2) is 104 Å². The van der Waals surface area contributed by atoms with Crippen LogP contribution in [0.5, 0.6) is 5.75 Å². The third kappa shape index (κ3) is 6.95. The van der Waals surface area contributed by atoms with Gasteiger partial charge in [0.1, 0.15) is 11.6 Å². The van der Waals surface area contributed by atoms with Crippen LogP contribution < -0.4 is 9.80 Å².